The highest BCUT2D eigenvalue weighted by Gasteiger charge is 2.22. The van der Waals surface area contributed by atoms with Gasteiger partial charge in [-0.15, -0.1) is 0 Å². The van der Waals surface area contributed by atoms with E-state index in [9.17, 15) is 4.79 Å². The van der Waals surface area contributed by atoms with Crippen LogP contribution in [-0.4, -0.2) is 46.9 Å². The van der Waals surface area contributed by atoms with E-state index in [4.69, 9.17) is 4.74 Å². The number of carbonyl (C=O) groups is 1. The van der Waals surface area contributed by atoms with Crippen LogP contribution >= 0.6 is 0 Å². The number of aromatic nitrogens is 2. The number of likely N-dealkylation sites (tertiary alicyclic amines) is 1. The van der Waals surface area contributed by atoms with E-state index in [1.54, 1.807) is 7.11 Å². The first kappa shape index (κ1) is 13.1. The molecule has 0 radical (unpaired) electrons. The minimum atomic E-state index is 0.220. The Bertz CT molecular complexity index is 395. The van der Waals surface area contributed by atoms with Crippen LogP contribution in [0, 0.1) is 6.92 Å². The van der Waals surface area contributed by atoms with Crippen molar-refractivity contribution in [3.05, 3.63) is 18.0 Å². The fraction of sp³-hybridized carbons (Fsp3) is 0.692. The van der Waals surface area contributed by atoms with E-state index >= 15 is 0 Å². The minimum Gasteiger partial charge on any atom is -0.381 e. The average Bonchev–Trinajstić information content (AvgIpc) is 2.82. The first-order chi connectivity index (χ1) is 8.69. The summed E-state index contributed by atoms with van der Waals surface area (Å²) in [5, 5.41) is 4.18. The maximum Gasteiger partial charge on any atom is 0.224 e. The molecule has 1 aromatic rings. The van der Waals surface area contributed by atoms with Crippen molar-refractivity contribution in [3.63, 3.8) is 0 Å². The molecule has 0 aliphatic carbocycles. The fourth-order valence-corrected chi connectivity index (χ4v) is 2.30. The molecule has 1 aliphatic rings. The highest BCUT2D eigenvalue weighted by atomic mass is 16.5. The molecular formula is C13H21N3O2. The van der Waals surface area contributed by atoms with Crippen LogP contribution in [0.4, 0.5) is 0 Å². The Morgan fingerprint density at radius 1 is 1.50 bits per heavy atom. The molecule has 0 spiro atoms. The van der Waals surface area contributed by atoms with Crippen LogP contribution in [0.15, 0.2) is 12.4 Å². The maximum absolute atomic E-state index is 12.0. The Morgan fingerprint density at radius 2 is 2.22 bits per heavy atom. The number of nitrogens with zero attached hydrogens (tertiary/aromatic N) is 3. The van der Waals surface area contributed by atoms with Crippen molar-refractivity contribution in [2.24, 2.45) is 0 Å². The molecule has 0 bridgehead atoms. The van der Waals surface area contributed by atoms with Crippen LogP contribution in [-0.2, 0) is 16.1 Å². The predicted molar refractivity (Wildman–Crippen MR) is 68.2 cm³/mol. The van der Waals surface area contributed by atoms with Crippen LogP contribution in [0.3, 0.4) is 0 Å². The van der Waals surface area contributed by atoms with E-state index in [1.165, 1.54) is 0 Å². The second-order valence-electron chi connectivity index (χ2n) is 4.85. The SMILES string of the molecule is COC1CCN(C(=O)CCn2cc(C)cn2)CC1. The lowest BCUT2D eigenvalue weighted by Gasteiger charge is -2.31. The predicted octanol–water partition coefficient (Wildman–Crippen LogP) is 1.22. The summed E-state index contributed by atoms with van der Waals surface area (Å²) < 4.78 is 7.13. The number of amides is 1. The summed E-state index contributed by atoms with van der Waals surface area (Å²) in [4.78, 5) is 14.0. The Morgan fingerprint density at radius 3 is 2.78 bits per heavy atom. The molecule has 0 saturated carbocycles. The first-order valence-corrected chi connectivity index (χ1v) is 6.48. The van der Waals surface area contributed by atoms with E-state index in [-0.39, 0.29) is 5.91 Å². The summed E-state index contributed by atoms with van der Waals surface area (Å²) in [7, 11) is 1.74. The van der Waals surface area contributed by atoms with E-state index < -0.39 is 0 Å². The van der Waals surface area contributed by atoms with Crippen molar-refractivity contribution in [1.29, 1.82) is 0 Å². The highest BCUT2D eigenvalue weighted by Crippen LogP contribution is 2.13. The molecular weight excluding hydrogens is 230 g/mol. The molecule has 100 valence electrons. The van der Waals surface area contributed by atoms with Crippen LogP contribution in [0.25, 0.3) is 0 Å². The zero-order chi connectivity index (χ0) is 13.0. The number of hydrogen-bond acceptors (Lipinski definition) is 3. The molecule has 1 saturated heterocycles. The molecule has 2 rings (SSSR count). The van der Waals surface area contributed by atoms with Gasteiger partial charge in [-0.25, -0.2) is 0 Å². The number of methoxy groups -OCH3 is 1. The smallest absolute Gasteiger partial charge is 0.224 e. The summed E-state index contributed by atoms with van der Waals surface area (Å²) >= 11 is 0. The van der Waals surface area contributed by atoms with E-state index in [1.807, 2.05) is 28.9 Å². The van der Waals surface area contributed by atoms with Gasteiger partial charge in [0.05, 0.1) is 12.3 Å². The van der Waals surface area contributed by atoms with Gasteiger partial charge in [-0.1, -0.05) is 0 Å². The Kier molecular flexibility index (Phi) is 4.36. The molecule has 0 N–H and O–H groups in total. The fourth-order valence-electron chi connectivity index (χ4n) is 2.30. The Labute approximate surface area is 108 Å². The maximum atomic E-state index is 12.0. The molecule has 1 amide bonds. The lowest BCUT2D eigenvalue weighted by Crippen LogP contribution is -2.40. The quantitative estimate of drug-likeness (QED) is 0.808. The third-order valence-electron chi connectivity index (χ3n) is 3.45. The normalized spacial score (nSPS) is 17.1. The second-order valence-corrected chi connectivity index (χ2v) is 4.85. The van der Waals surface area contributed by atoms with E-state index in [0.717, 1.165) is 31.5 Å². The van der Waals surface area contributed by atoms with Crippen molar-refractivity contribution in [3.8, 4) is 0 Å². The van der Waals surface area contributed by atoms with Crippen molar-refractivity contribution >= 4 is 5.91 Å². The third-order valence-corrected chi connectivity index (χ3v) is 3.45. The zero-order valence-corrected chi connectivity index (χ0v) is 11.1. The van der Waals surface area contributed by atoms with Gasteiger partial charge < -0.3 is 9.64 Å². The molecule has 18 heavy (non-hydrogen) atoms. The molecule has 1 fully saturated rings. The second kappa shape index (κ2) is 6.00. The lowest BCUT2D eigenvalue weighted by atomic mass is 10.1. The van der Waals surface area contributed by atoms with Gasteiger partial charge in [0.2, 0.25) is 5.91 Å². The molecule has 0 atom stereocenters. The van der Waals surface area contributed by atoms with Gasteiger partial charge >= 0.3 is 0 Å². The van der Waals surface area contributed by atoms with Gasteiger partial charge in [0.15, 0.2) is 0 Å². The van der Waals surface area contributed by atoms with Crippen LogP contribution in [0.1, 0.15) is 24.8 Å². The van der Waals surface area contributed by atoms with Gasteiger partial charge in [0, 0.05) is 39.4 Å². The van der Waals surface area contributed by atoms with Gasteiger partial charge in [-0.2, -0.15) is 5.10 Å². The van der Waals surface area contributed by atoms with Gasteiger partial charge in [-0.3, -0.25) is 9.48 Å². The summed E-state index contributed by atoms with van der Waals surface area (Å²) in [6.45, 7) is 4.29. The van der Waals surface area contributed by atoms with Crippen molar-refractivity contribution < 1.29 is 9.53 Å². The van der Waals surface area contributed by atoms with Crippen LogP contribution < -0.4 is 0 Å². The molecule has 1 aromatic heterocycles. The number of hydrogen-bond donors (Lipinski definition) is 0. The first-order valence-electron chi connectivity index (χ1n) is 6.48. The summed E-state index contributed by atoms with van der Waals surface area (Å²) in [6.07, 6.45) is 6.52. The minimum absolute atomic E-state index is 0.220. The van der Waals surface area contributed by atoms with Gasteiger partial charge in [0.25, 0.3) is 0 Å². The Hall–Kier alpha value is -1.36. The molecule has 2 heterocycles. The summed E-state index contributed by atoms with van der Waals surface area (Å²) in [5.41, 5.74) is 1.13. The topological polar surface area (TPSA) is 47.4 Å². The van der Waals surface area contributed by atoms with Gasteiger partial charge in [0.1, 0.15) is 0 Å². The molecule has 0 unspecified atom stereocenters. The molecule has 1 aliphatic heterocycles. The largest absolute Gasteiger partial charge is 0.381 e. The zero-order valence-electron chi connectivity index (χ0n) is 11.1. The average molecular weight is 251 g/mol. The summed E-state index contributed by atoms with van der Waals surface area (Å²) in [6, 6.07) is 0. The molecule has 5 nitrogen and oxygen atoms in total. The van der Waals surface area contributed by atoms with Crippen molar-refractivity contribution in [1.82, 2.24) is 14.7 Å². The summed E-state index contributed by atoms with van der Waals surface area (Å²) in [5.74, 6) is 0.220. The lowest BCUT2D eigenvalue weighted by molar-refractivity contribution is -0.133. The van der Waals surface area contributed by atoms with Crippen LogP contribution in [0.5, 0.6) is 0 Å². The van der Waals surface area contributed by atoms with E-state index in [0.29, 0.717) is 19.1 Å². The van der Waals surface area contributed by atoms with Crippen molar-refractivity contribution in [2.45, 2.75) is 38.8 Å². The van der Waals surface area contributed by atoms with E-state index in [2.05, 4.69) is 5.10 Å². The number of aryl methyl sites for hydroxylation is 2. The Balaban J connectivity index is 1.75. The van der Waals surface area contributed by atoms with Crippen LogP contribution in [0.2, 0.25) is 0 Å². The number of piperidine rings is 1. The van der Waals surface area contributed by atoms with Crippen molar-refractivity contribution in [2.75, 3.05) is 20.2 Å². The number of ether oxygens (including phenoxy) is 1. The highest BCUT2D eigenvalue weighted by molar-refractivity contribution is 5.76. The monoisotopic (exact) mass is 251 g/mol. The molecule has 5 heteroatoms. The third kappa shape index (κ3) is 3.32. The van der Waals surface area contributed by atoms with Gasteiger partial charge in [-0.05, 0) is 25.3 Å². The number of rotatable bonds is 4. The standard InChI is InChI=1S/C13H21N3O2/c1-11-9-14-16(10-11)8-5-13(17)15-6-3-12(18-2)4-7-15/h9-10,12H,3-8H2,1-2H3. The molecule has 0 aromatic carbocycles. The number of carbonyl (C=O) groups excluding carboxylic acids is 1.